The van der Waals surface area contributed by atoms with Crippen molar-refractivity contribution < 1.29 is 22.7 Å². The number of aryl methyl sites for hydroxylation is 1. The van der Waals surface area contributed by atoms with Gasteiger partial charge in [0, 0.05) is 24.3 Å². The van der Waals surface area contributed by atoms with Crippen molar-refractivity contribution in [1.82, 2.24) is 4.31 Å². The summed E-state index contributed by atoms with van der Waals surface area (Å²) in [6, 6.07) is 9.48. The number of hydrogen-bond donors (Lipinski definition) is 1. The number of rotatable bonds is 7. The third-order valence-electron chi connectivity index (χ3n) is 3.69. The Morgan fingerprint density at radius 2 is 1.93 bits per heavy atom. The van der Waals surface area contributed by atoms with Gasteiger partial charge in [0.15, 0.2) is 12.9 Å². The Hall–Kier alpha value is -2.23. The predicted molar refractivity (Wildman–Crippen MR) is 106 cm³/mol. The van der Waals surface area contributed by atoms with Crippen molar-refractivity contribution in [3.05, 3.63) is 52.0 Å². The number of nitrogens with one attached hydrogen (secondary N) is 1. The number of hydrogen-bond acceptors (Lipinski definition) is 5. The van der Waals surface area contributed by atoms with Gasteiger partial charge in [-0.2, -0.15) is 0 Å². The van der Waals surface area contributed by atoms with Crippen LogP contribution in [0.5, 0.6) is 5.75 Å². The number of halogens is 1. The molecule has 0 spiro atoms. The van der Waals surface area contributed by atoms with E-state index in [1.165, 1.54) is 20.2 Å². The number of anilines is 1. The monoisotopic (exact) mass is 454 g/mol. The van der Waals surface area contributed by atoms with E-state index in [9.17, 15) is 18.0 Å². The summed E-state index contributed by atoms with van der Waals surface area (Å²) in [5.41, 5.74) is 1.22. The lowest BCUT2D eigenvalue weighted by atomic mass is 10.2. The van der Waals surface area contributed by atoms with Crippen molar-refractivity contribution in [1.29, 1.82) is 0 Å². The van der Waals surface area contributed by atoms with Crippen LogP contribution in [0.25, 0.3) is 0 Å². The van der Waals surface area contributed by atoms with E-state index in [1.54, 1.807) is 37.3 Å². The smallest absolute Gasteiger partial charge is 0.262 e. The number of benzene rings is 2. The first-order valence-corrected chi connectivity index (χ1v) is 10.1. The number of carbonyl (C=O) groups excluding carboxylic acids is 2. The van der Waals surface area contributed by atoms with E-state index >= 15 is 0 Å². The van der Waals surface area contributed by atoms with E-state index in [1.807, 2.05) is 0 Å². The molecule has 0 aliphatic carbocycles. The maximum Gasteiger partial charge on any atom is 0.262 e. The first-order chi connectivity index (χ1) is 12.6. The minimum absolute atomic E-state index is 0.113. The molecule has 2 aromatic rings. The molecule has 1 N–H and O–H groups in total. The molecular weight excluding hydrogens is 436 g/mol. The summed E-state index contributed by atoms with van der Waals surface area (Å²) in [5, 5.41) is 2.60. The molecule has 0 saturated carbocycles. The van der Waals surface area contributed by atoms with Crippen LogP contribution in [-0.2, 0) is 14.8 Å². The number of carbonyl (C=O) groups is 2. The van der Waals surface area contributed by atoms with Gasteiger partial charge in [-0.3, -0.25) is 9.59 Å². The molecule has 2 aromatic carbocycles. The normalized spacial score (nSPS) is 11.3. The van der Waals surface area contributed by atoms with Crippen LogP contribution in [0, 0.1) is 6.92 Å². The first kappa shape index (κ1) is 21.1. The predicted octanol–water partition coefficient (Wildman–Crippen LogP) is 2.84. The number of nitrogens with zero attached hydrogens (tertiary/aromatic N) is 1. The molecule has 2 rings (SSSR count). The van der Waals surface area contributed by atoms with Gasteiger partial charge in [0.2, 0.25) is 10.0 Å². The maximum atomic E-state index is 12.4. The van der Waals surface area contributed by atoms with Crippen LogP contribution < -0.4 is 10.1 Å². The van der Waals surface area contributed by atoms with Gasteiger partial charge in [-0.15, -0.1) is 0 Å². The van der Waals surface area contributed by atoms with Crippen LogP contribution in [0.15, 0.2) is 45.8 Å². The fourth-order valence-electron chi connectivity index (χ4n) is 2.24. The highest BCUT2D eigenvalue weighted by Gasteiger charge is 2.20. The first-order valence-electron chi connectivity index (χ1n) is 7.85. The summed E-state index contributed by atoms with van der Waals surface area (Å²) < 4.78 is 31.9. The summed E-state index contributed by atoms with van der Waals surface area (Å²) in [5.74, 6) is -0.199. The Morgan fingerprint density at radius 1 is 1.22 bits per heavy atom. The molecule has 0 aromatic heterocycles. The van der Waals surface area contributed by atoms with Crippen molar-refractivity contribution >= 4 is 43.8 Å². The Labute approximate surface area is 166 Å². The van der Waals surface area contributed by atoms with Crippen molar-refractivity contribution in [2.75, 3.05) is 26.0 Å². The molecular formula is C18H19BrN2O5S. The van der Waals surface area contributed by atoms with E-state index in [2.05, 4.69) is 21.2 Å². The molecule has 27 heavy (non-hydrogen) atoms. The molecule has 0 aliphatic rings. The van der Waals surface area contributed by atoms with Crippen LogP contribution >= 0.6 is 15.9 Å². The number of aldehydes is 1. The lowest BCUT2D eigenvalue weighted by molar-refractivity contribution is -0.118. The average molecular weight is 455 g/mol. The number of sulfonamides is 1. The standard InChI is InChI=1S/C18H19BrN2O5S/c1-12-4-6-15(9-17(12)27(24,25)21(2)3)20-18(23)11-26-16-7-5-14(19)8-13(16)10-22/h4-10H,11H2,1-3H3,(H,20,23). The highest BCUT2D eigenvalue weighted by Crippen LogP contribution is 2.23. The molecule has 9 heteroatoms. The summed E-state index contributed by atoms with van der Waals surface area (Å²) in [7, 11) is -0.744. The third-order valence-corrected chi connectivity index (χ3v) is 6.14. The van der Waals surface area contributed by atoms with E-state index < -0.39 is 15.9 Å². The van der Waals surface area contributed by atoms with Crippen molar-refractivity contribution in [2.24, 2.45) is 0 Å². The second kappa shape index (κ2) is 8.64. The van der Waals surface area contributed by atoms with Gasteiger partial charge in [0.25, 0.3) is 5.91 Å². The van der Waals surface area contributed by atoms with Gasteiger partial charge in [-0.05, 0) is 42.8 Å². The van der Waals surface area contributed by atoms with Gasteiger partial charge < -0.3 is 10.1 Å². The Morgan fingerprint density at radius 3 is 2.56 bits per heavy atom. The van der Waals surface area contributed by atoms with Gasteiger partial charge in [0.05, 0.1) is 10.5 Å². The largest absolute Gasteiger partial charge is 0.483 e. The average Bonchev–Trinajstić information content (AvgIpc) is 2.61. The minimum atomic E-state index is -3.63. The van der Waals surface area contributed by atoms with Crippen molar-refractivity contribution in [3.63, 3.8) is 0 Å². The highest BCUT2D eigenvalue weighted by atomic mass is 79.9. The summed E-state index contributed by atoms with van der Waals surface area (Å²) in [6.45, 7) is 1.35. The van der Waals surface area contributed by atoms with E-state index in [0.29, 0.717) is 23.1 Å². The minimum Gasteiger partial charge on any atom is -0.483 e. The van der Waals surface area contributed by atoms with E-state index in [-0.39, 0.29) is 17.3 Å². The molecule has 0 fully saturated rings. The highest BCUT2D eigenvalue weighted by molar-refractivity contribution is 9.10. The molecule has 0 atom stereocenters. The Balaban J connectivity index is 2.12. The summed E-state index contributed by atoms with van der Waals surface area (Å²) in [4.78, 5) is 23.3. The van der Waals surface area contributed by atoms with E-state index in [4.69, 9.17) is 4.74 Å². The molecule has 0 bridgehead atoms. The van der Waals surface area contributed by atoms with Crippen LogP contribution in [0.3, 0.4) is 0 Å². The zero-order valence-corrected chi connectivity index (χ0v) is 17.4. The zero-order valence-electron chi connectivity index (χ0n) is 15.0. The quantitative estimate of drug-likeness (QED) is 0.649. The summed E-state index contributed by atoms with van der Waals surface area (Å²) >= 11 is 3.25. The topological polar surface area (TPSA) is 92.8 Å². The van der Waals surface area contributed by atoms with Gasteiger partial charge in [-0.25, -0.2) is 12.7 Å². The fourth-order valence-corrected chi connectivity index (χ4v) is 3.76. The second-order valence-corrected chi connectivity index (χ2v) is 8.94. The van der Waals surface area contributed by atoms with Crippen molar-refractivity contribution in [2.45, 2.75) is 11.8 Å². The second-order valence-electron chi connectivity index (χ2n) is 5.90. The molecule has 0 saturated heterocycles. The molecule has 0 aliphatic heterocycles. The fraction of sp³-hybridized carbons (Fsp3) is 0.222. The van der Waals surface area contributed by atoms with Gasteiger partial charge in [0.1, 0.15) is 5.75 Å². The van der Waals surface area contributed by atoms with Gasteiger partial charge >= 0.3 is 0 Å². The van der Waals surface area contributed by atoms with Gasteiger partial charge in [-0.1, -0.05) is 22.0 Å². The maximum absolute atomic E-state index is 12.4. The van der Waals surface area contributed by atoms with Crippen LogP contribution in [0.4, 0.5) is 5.69 Å². The lowest BCUT2D eigenvalue weighted by Gasteiger charge is -2.15. The van der Waals surface area contributed by atoms with E-state index in [0.717, 1.165) is 8.78 Å². The summed E-state index contributed by atoms with van der Waals surface area (Å²) in [6.07, 6.45) is 0.635. The third kappa shape index (κ3) is 5.15. The zero-order chi connectivity index (χ0) is 20.2. The molecule has 1 amide bonds. The van der Waals surface area contributed by atoms with Crippen LogP contribution in [-0.4, -0.2) is 45.6 Å². The van der Waals surface area contributed by atoms with Crippen molar-refractivity contribution in [3.8, 4) is 5.75 Å². The number of ether oxygens (including phenoxy) is 1. The SMILES string of the molecule is Cc1ccc(NC(=O)COc2ccc(Br)cc2C=O)cc1S(=O)(=O)N(C)C. The molecule has 144 valence electrons. The molecule has 0 unspecified atom stereocenters. The molecule has 0 radical (unpaired) electrons. The lowest BCUT2D eigenvalue weighted by Crippen LogP contribution is -2.24. The molecule has 0 heterocycles. The Kier molecular flexibility index (Phi) is 6.74. The molecule has 7 nitrogen and oxygen atoms in total. The number of amides is 1. The van der Waals surface area contributed by atoms with Crippen LogP contribution in [0.1, 0.15) is 15.9 Å². The Bertz CT molecular complexity index is 974. The van der Waals surface area contributed by atoms with Crippen LogP contribution in [0.2, 0.25) is 0 Å².